The molecule has 0 aliphatic rings. The highest BCUT2D eigenvalue weighted by molar-refractivity contribution is 7.47. The van der Waals surface area contributed by atoms with Gasteiger partial charge in [-0.1, -0.05) is 288 Å². The van der Waals surface area contributed by atoms with Crippen LogP contribution >= 0.6 is 15.6 Å². The van der Waals surface area contributed by atoms with Crippen molar-refractivity contribution in [1.82, 2.24) is 0 Å². The Kier molecular flexibility index (Phi) is 70.3. The maximum atomic E-state index is 13.1. The van der Waals surface area contributed by atoms with Gasteiger partial charge in [0.15, 0.2) is 6.10 Å². The Balaban J connectivity index is 5.23. The molecule has 0 fully saturated rings. The smallest absolute Gasteiger partial charge is 0.463 e. The predicted octanol–water partition coefficient (Wildman–Crippen LogP) is 22.0. The van der Waals surface area contributed by atoms with Gasteiger partial charge in [-0.3, -0.25) is 32.5 Å². The Labute approximate surface area is 585 Å². The van der Waals surface area contributed by atoms with Gasteiger partial charge in [-0.15, -0.1) is 0 Å². The lowest BCUT2D eigenvalue weighted by Crippen LogP contribution is -2.30. The first kappa shape index (κ1) is 93.4. The lowest BCUT2D eigenvalue weighted by molar-refractivity contribution is -0.161. The van der Waals surface area contributed by atoms with Gasteiger partial charge < -0.3 is 38.6 Å². The third kappa shape index (κ3) is 71.3. The maximum Gasteiger partial charge on any atom is 0.472 e. The summed E-state index contributed by atoms with van der Waals surface area (Å²) in [5.41, 5.74) is 0. The van der Waals surface area contributed by atoms with Crippen LogP contribution in [0.25, 0.3) is 0 Å². The minimum Gasteiger partial charge on any atom is -0.463 e. The van der Waals surface area contributed by atoms with E-state index in [1.165, 1.54) is 141 Å². The number of unbranched alkanes of at least 4 members (excludes halogenated alkanes) is 44. The first-order chi connectivity index (χ1) is 46.8. The molecule has 0 amide bonds. The Morgan fingerprint density at radius 2 is 0.615 bits per heavy atom. The molecule has 19 heteroatoms. The zero-order valence-electron chi connectivity index (χ0n) is 61.4. The average molecular weight is 1400 g/mol. The third-order valence-electron chi connectivity index (χ3n) is 17.1. The number of carbonyl (C=O) groups is 4. The van der Waals surface area contributed by atoms with E-state index in [0.717, 1.165) is 167 Å². The lowest BCUT2D eigenvalue weighted by atomic mass is 10.0. The molecule has 96 heavy (non-hydrogen) atoms. The van der Waals surface area contributed by atoms with Crippen LogP contribution in [-0.2, 0) is 65.4 Å². The molecule has 564 valence electrons. The molecule has 0 aliphatic heterocycles. The number of hydrogen-bond donors (Lipinski definition) is 3. The molecule has 3 N–H and O–H groups in total. The highest BCUT2D eigenvalue weighted by Crippen LogP contribution is 2.45. The Bertz CT molecular complexity index is 1930. The van der Waals surface area contributed by atoms with Crippen LogP contribution in [0.3, 0.4) is 0 Å². The molecule has 0 aliphatic carbocycles. The summed E-state index contributed by atoms with van der Waals surface area (Å²) in [4.78, 5) is 70.3. The van der Waals surface area contributed by atoms with Gasteiger partial charge in [-0.05, 0) is 89.9 Å². The maximum absolute atomic E-state index is 13.1. The van der Waals surface area contributed by atoms with Crippen molar-refractivity contribution in [2.45, 2.75) is 386 Å². The molecule has 0 rings (SSSR count). The number of ether oxygens (including phenoxy) is 4. The Morgan fingerprint density at radius 3 is 1.00 bits per heavy atom. The number of rotatable bonds is 77. The number of aliphatic hydroxyl groups is 1. The molecule has 5 atom stereocenters. The Hall–Kier alpha value is -2.56. The van der Waals surface area contributed by atoms with Crippen LogP contribution in [0.1, 0.15) is 367 Å². The molecule has 0 heterocycles. The summed E-state index contributed by atoms with van der Waals surface area (Å²) < 4.78 is 69.2. The van der Waals surface area contributed by atoms with Crippen molar-refractivity contribution in [3.05, 3.63) is 36.5 Å². The van der Waals surface area contributed by atoms with Crippen molar-refractivity contribution in [2.75, 3.05) is 46.2 Å². The molecule has 0 aromatic heterocycles. The monoisotopic (exact) mass is 1400 g/mol. The molecular formula is C77H144O17P2. The standard InChI is InChI=1S/C77H144O17P2/c1-4-7-10-13-16-19-22-25-28-33-37-42-46-51-56-61-75(80)88-68-73(87-65-60-55-50-45-40-35-30-27-26-29-34-39-44-49-54-59-64-78)70-92-95(83,84)90-66-72(79)67-91-96(85,86)93-71-74(94-77(82)63-58-53-48-43-38-32-24-21-18-15-12-9-6-3)69-89-76(81)62-57-52-47-41-36-31-23-20-17-14-11-8-5-2/h16,19,25-26,28-29,64,72-74,79H,4-15,17-18,20-24,27,30-63,65-71H2,1-3H3,(H,83,84)(H,85,86)/b19-16-,28-25-,29-26-/t72-,73-,74-/m1/s1. The van der Waals surface area contributed by atoms with E-state index >= 15 is 0 Å². The fourth-order valence-corrected chi connectivity index (χ4v) is 12.7. The van der Waals surface area contributed by atoms with Gasteiger partial charge in [-0.25, -0.2) is 9.13 Å². The van der Waals surface area contributed by atoms with E-state index in [4.69, 9.17) is 37.0 Å². The number of phosphoric acid groups is 2. The number of aliphatic hydroxyl groups excluding tert-OH is 1. The van der Waals surface area contributed by atoms with Gasteiger partial charge in [0.1, 0.15) is 31.7 Å². The SMILES string of the molecule is CCCCC/C=C\C/C=C\CCCCCCCC(=O)OC[C@H](COP(=O)(O)OC[C@@H](O)COP(=O)(O)OC[C@@H](COC(=O)CCCCCCCCCCCCCCC)OC(=O)CCCCCCCCCCCCCCC)OCCCCCCCCC/C=C\CCCCCCC=O. The van der Waals surface area contributed by atoms with Gasteiger partial charge in [0.2, 0.25) is 0 Å². The molecule has 2 unspecified atom stereocenters. The molecule has 17 nitrogen and oxygen atoms in total. The summed E-state index contributed by atoms with van der Waals surface area (Å²) in [6.45, 7) is 3.57. The number of allylic oxidation sites excluding steroid dienone is 6. The summed E-state index contributed by atoms with van der Waals surface area (Å²) >= 11 is 0. The average Bonchev–Trinajstić information content (AvgIpc) is 1.20. The lowest BCUT2D eigenvalue weighted by Gasteiger charge is -2.21. The van der Waals surface area contributed by atoms with Crippen molar-refractivity contribution in [3.63, 3.8) is 0 Å². The van der Waals surface area contributed by atoms with Gasteiger partial charge in [0, 0.05) is 32.3 Å². The number of carbonyl (C=O) groups excluding carboxylic acids is 4. The molecule has 0 bridgehead atoms. The number of hydrogen-bond acceptors (Lipinski definition) is 15. The summed E-state index contributed by atoms with van der Waals surface area (Å²) in [5, 5.41) is 10.6. The number of aldehydes is 1. The van der Waals surface area contributed by atoms with Crippen LogP contribution in [0.5, 0.6) is 0 Å². The zero-order chi connectivity index (χ0) is 70.2. The molecule has 0 radical (unpaired) electrons. The largest absolute Gasteiger partial charge is 0.472 e. The van der Waals surface area contributed by atoms with Crippen molar-refractivity contribution < 1.29 is 80.2 Å². The van der Waals surface area contributed by atoms with Crippen molar-refractivity contribution in [1.29, 1.82) is 0 Å². The van der Waals surface area contributed by atoms with Gasteiger partial charge in [0.05, 0.1) is 26.4 Å². The van der Waals surface area contributed by atoms with E-state index in [1.807, 2.05) is 0 Å². The van der Waals surface area contributed by atoms with E-state index in [9.17, 15) is 43.2 Å². The second-order valence-electron chi connectivity index (χ2n) is 26.6. The minimum atomic E-state index is -4.93. The van der Waals surface area contributed by atoms with Gasteiger partial charge in [0.25, 0.3) is 0 Å². The second kappa shape index (κ2) is 72.2. The van der Waals surface area contributed by atoms with Gasteiger partial charge >= 0.3 is 33.6 Å². The minimum absolute atomic E-state index is 0.116. The van der Waals surface area contributed by atoms with Crippen LogP contribution < -0.4 is 0 Å². The summed E-state index contributed by atoms with van der Waals surface area (Å²) in [5.74, 6) is -1.44. The molecule has 0 saturated heterocycles. The van der Waals surface area contributed by atoms with E-state index < -0.39 is 84.9 Å². The Morgan fingerprint density at radius 1 is 0.333 bits per heavy atom. The highest BCUT2D eigenvalue weighted by atomic mass is 31.2. The van der Waals surface area contributed by atoms with E-state index in [1.54, 1.807) is 0 Å². The van der Waals surface area contributed by atoms with Crippen molar-refractivity contribution in [3.8, 4) is 0 Å². The second-order valence-corrected chi connectivity index (χ2v) is 29.5. The first-order valence-electron chi connectivity index (χ1n) is 39.2. The quantitative estimate of drug-likeness (QED) is 0.0128. The third-order valence-corrected chi connectivity index (χ3v) is 19.0. The molecule has 0 aromatic carbocycles. The summed E-state index contributed by atoms with van der Waals surface area (Å²) in [7, 11) is -9.78. The summed E-state index contributed by atoms with van der Waals surface area (Å²) in [6, 6.07) is 0. The molecular weight excluding hydrogens is 1260 g/mol. The van der Waals surface area contributed by atoms with E-state index in [-0.39, 0.29) is 25.9 Å². The first-order valence-corrected chi connectivity index (χ1v) is 42.2. The van der Waals surface area contributed by atoms with Crippen LogP contribution in [0.4, 0.5) is 0 Å². The molecule has 0 aromatic rings. The van der Waals surface area contributed by atoms with E-state index in [0.29, 0.717) is 32.3 Å². The molecule has 0 saturated carbocycles. The predicted molar refractivity (Wildman–Crippen MR) is 391 cm³/mol. The summed E-state index contributed by atoms with van der Waals surface area (Å²) in [6.07, 6.45) is 67.6. The fraction of sp³-hybridized carbons (Fsp3) is 0.870. The highest BCUT2D eigenvalue weighted by Gasteiger charge is 2.30. The normalized spacial score (nSPS) is 14.1. The zero-order valence-corrected chi connectivity index (χ0v) is 63.1. The van der Waals surface area contributed by atoms with Crippen LogP contribution in [0.15, 0.2) is 36.5 Å². The van der Waals surface area contributed by atoms with Gasteiger partial charge in [-0.2, -0.15) is 0 Å². The molecule has 0 spiro atoms. The number of esters is 3. The van der Waals surface area contributed by atoms with E-state index in [2.05, 4.69) is 57.2 Å². The van der Waals surface area contributed by atoms with Crippen LogP contribution in [0.2, 0.25) is 0 Å². The van der Waals surface area contributed by atoms with Crippen LogP contribution in [0, 0.1) is 0 Å². The topological polar surface area (TPSA) is 237 Å². The van der Waals surface area contributed by atoms with Crippen molar-refractivity contribution in [2.24, 2.45) is 0 Å². The number of phosphoric ester groups is 2. The van der Waals surface area contributed by atoms with Crippen LogP contribution in [-0.4, -0.2) is 104 Å². The fourth-order valence-electron chi connectivity index (χ4n) is 11.1. The van der Waals surface area contributed by atoms with Crippen molar-refractivity contribution >= 4 is 39.8 Å².